The Balaban J connectivity index is 1.90. The number of thiazole rings is 1. The Labute approximate surface area is 103 Å². The van der Waals surface area contributed by atoms with E-state index >= 15 is 0 Å². The third kappa shape index (κ3) is 2.31. The number of hydrogen-bond donors (Lipinski definition) is 2. The van der Waals surface area contributed by atoms with Crippen molar-refractivity contribution in [1.29, 1.82) is 0 Å². The van der Waals surface area contributed by atoms with Crippen molar-refractivity contribution in [1.82, 2.24) is 10.3 Å². The highest BCUT2D eigenvalue weighted by Gasteiger charge is 2.56. The molecule has 1 saturated carbocycles. The van der Waals surface area contributed by atoms with E-state index in [0.29, 0.717) is 19.4 Å². The lowest BCUT2D eigenvalue weighted by atomic mass is 10.1. The lowest BCUT2D eigenvalue weighted by Crippen LogP contribution is -2.36. The van der Waals surface area contributed by atoms with Gasteiger partial charge in [-0.25, -0.2) is 4.98 Å². The largest absolute Gasteiger partial charge is 0.480 e. The van der Waals surface area contributed by atoms with E-state index in [1.165, 1.54) is 0 Å². The average molecular weight is 254 g/mol. The molecule has 0 spiro atoms. The quantitative estimate of drug-likeness (QED) is 0.773. The number of carbonyl (C=O) groups excluding carboxylic acids is 1. The summed E-state index contributed by atoms with van der Waals surface area (Å²) in [4.78, 5) is 27.9. The molecule has 1 amide bonds. The highest BCUT2D eigenvalue weighted by Crippen LogP contribution is 2.46. The van der Waals surface area contributed by atoms with Crippen LogP contribution in [-0.2, 0) is 22.6 Å². The first-order valence-corrected chi connectivity index (χ1v) is 6.35. The summed E-state index contributed by atoms with van der Waals surface area (Å²) >= 11 is 1.54. The number of hydrogen-bond acceptors (Lipinski definition) is 4. The van der Waals surface area contributed by atoms with Crippen molar-refractivity contribution in [3.63, 3.8) is 0 Å². The van der Waals surface area contributed by atoms with Crippen LogP contribution in [0.3, 0.4) is 0 Å². The van der Waals surface area contributed by atoms with Gasteiger partial charge in [-0.15, -0.1) is 11.3 Å². The van der Waals surface area contributed by atoms with Crippen LogP contribution in [0.15, 0.2) is 6.20 Å². The number of amides is 1. The second kappa shape index (κ2) is 4.44. The van der Waals surface area contributed by atoms with Gasteiger partial charge in [-0.1, -0.05) is 6.92 Å². The third-order valence-electron chi connectivity index (χ3n) is 2.94. The lowest BCUT2D eigenvalue weighted by molar-refractivity contribution is -0.149. The van der Waals surface area contributed by atoms with Crippen LogP contribution in [0.5, 0.6) is 0 Å². The van der Waals surface area contributed by atoms with Crippen LogP contribution < -0.4 is 5.32 Å². The molecule has 1 aliphatic rings. The number of nitrogens with zero attached hydrogens (tertiary/aromatic N) is 1. The van der Waals surface area contributed by atoms with Gasteiger partial charge in [0.25, 0.3) is 0 Å². The maximum absolute atomic E-state index is 11.7. The fourth-order valence-electron chi connectivity index (χ4n) is 1.58. The first-order valence-electron chi connectivity index (χ1n) is 5.54. The van der Waals surface area contributed by atoms with Crippen LogP contribution in [-0.4, -0.2) is 22.0 Å². The highest BCUT2D eigenvalue weighted by atomic mass is 32.1. The number of rotatable bonds is 5. The first kappa shape index (κ1) is 12.0. The topological polar surface area (TPSA) is 79.3 Å². The summed E-state index contributed by atoms with van der Waals surface area (Å²) in [5.41, 5.74) is -1.16. The van der Waals surface area contributed by atoms with E-state index in [0.717, 1.165) is 16.3 Å². The van der Waals surface area contributed by atoms with E-state index in [2.05, 4.69) is 10.3 Å². The molecule has 17 heavy (non-hydrogen) atoms. The van der Waals surface area contributed by atoms with E-state index in [4.69, 9.17) is 5.11 Å². The second-order valence-electron chi connectivity index (χ2n) is 4.14. The molecule has 1 aliphatic carbocycles. The molecule has 2 N–H and O–H groups in total. The maximum atomic E-state index is 11.7. The third-order valence-corrected chi connectivity index (χ3v) is 4.09. The lowest BCUT2D eigenvalue weighted by Gasteiger charge is -2.09. The van der Waals surface area contributed by atoms with E-state index < -0.39 is 17.3 Å². The molecule has 1 aromatic rings. The van der Waals surface area contributed by atoms with Crippen LogP contribution >= 0.6 is 11.3 Å². The van der Waals surface area contributed by atoms with Crippen molar-refractivity contribution in [3.8, 4) is 0 Å². The van der Waals surface area contributed by atoms with Gasteiger partial charge in [0, 0.05) is 11.1 Å². The molecule has 0 aromatic carbocycles. The molecule has 92 valence electrons. The van der Waals surface area contributed by atoms with E-state index in [1.807, 2.05) is 6.92 Å². The van der Waals surface area contributed by atoms with Crippen LogP contribution in [0.4, 0.5) is 0 Å². The molecule has 2 rings (SSSR count). The number of aliphatic carboxylic acids is 1. The zero-order chi connectivity index (χ0) is 12.5. The second-order valence-corrected chi connectivity index (χ2v) is 5.34. The Kier molecular flexibility index (Phi) is 3.15. The van der Waals surface area contributed by atoms with Gasteiger partial charge < -0.3 is 10.4 Å². The zero-order valence-electron chi connectivity index (χ0n) is 9.52. The van der Waals surface area contributed by atoms with Crippen LogP contribution in [0.2, 0.25) is 0 Å². The number of nitrogens with one attached hydrogen (secondary N) is 1. The zero-order valence-corrected chi connectivity index (χ0v) is 10.3. The van der Waals surface area contributed by atoms with Gasteiger partial charge in [0.15, 0.2) is 0 Å². The van der Waals surface area contributed by atoms with Crippen molar-refractivity contribution >= 4 is 23.2 Å². The Morgan fingerprint density at radius 3 is 2.76 bits per heavy atom. The Morgan fingerprint density at radius 1 is 1.59 bits per heavy atom. The van der Waals surface area contributed by atoms with Crippen molar-refractivity contribution < 1.29 is 14.7 Å². The Bertz CT molecular complexity index is 451. The number of aryl methyl sites for hydroxylation is 1. The number of carboxylic acids is 1. The Hall–Kier alpha value is -1.43. The fourth-order valence-corrected chi connectivity index (χ4v) is 2.38. The summed E-state index contributed by atoms with van der Waals surface area (Å²) in [7, 11) is 0. The van der Waals surface area contributed by atoms with Gasteiger partial charge in [0.1, 0.15) is 10.4 Å². The van der Waals surface area contributed by atoms with Crippen molar-refractivity contribution in [2.45, 2.75) is 32.7 Å². The molecule has 1 fully saturated rings. The smallest absolute Gasteiger partial charge is 0.319 e. The SMILES string of the molecule is CCc1cnc(CNC(=O)C2(C(=O)O)CC2)s1. The van der Waals surface area contributed by atoms with Gasteiger partial charge in [0.2, 0.25) is 5.91 Å². The van der Waals surface area contributed by atoms with Crippen molar-refractivity contribution in [2.75, 3.05) is 0 Å². The molecule has 0 saturated heterocycles. The number of carboxylic acid groups (broad SMARTS) is 1. The van der Waals surface area contributed by atoms with Gasteiger partial charge in [0.05, 0.1) is 6.54 Å². The predicted molar refractivity (Wildman–Crippen MR) is 62.6 cm³/mol. The van der Waals surface area contributed by atoms with Crippen LogP contribution in [0, 0.1) is 5.41 Å². The van der Waals surface area contributed by atoms with Crippen LogP contribution in [0.25, 0.3) is 0 Å². The summed E-state index contributed by atoms with van der Waals surface area (Å²) in [5.74, 6) is -1.42. The molecule has 5 nitrogen and oxygen atoms in total. The standard InChI is InChI=1S/C11H14N2O3S/c1-2-7-5-12-8(17-7)6-13-9(14)11(3-4-11)10(15)16/h5H,2-4,6H2,1H3,(H,13,14)(H,15,16). The summed E-state index contributed by atoms with van der Waals surface area (Å²) < 4.78 is 0. The normalized spacial score (nSPS) is 16.5. The highest BCUT2D eigenvalue weighted by molar-refractivity contribution is 7.11. The molecular weight excluding hydrogens is 240 g/mol. The number of aromatic nitrogens is 1. The molecule has 0 aliphatic heterocycles. The summed E-state index contributed by atoms with van der Waals surface area (Å²) in [6.07, 6.45) is 3.58. The van der Waals surface area contributed by atoms with Crippen molar-refractivity contribution in [2.24, 2.45) is 5.41 Å². The molecule has 1 aromatic heterocycles. The minimum atomic E-state index is -1.16. The predicted octanol–water partition coefficient (Wildman–Crippen LogP) is 1.19. The summed E-state index contributed by atoms with van der Waals surface area (Å²) in [5, 5.41) is 12.4. The van der Waals surface area contributed by atoms with E-state index in [1.54, 1.807) is 17.5 Å². The van der Waals surface area contributed by atoms with Gasteiger partial charge in [-0.2, -0.15) is 0 Å². The monoisotopic (exact) mass is 254 g/mol. The minimum absolute atomic E-state index is 0.318. The molecule has 0 radical (unpaired) electrons. The van der Waals surface area contributed by atoms with Crippen molar-refractivity contribution in [3.05, 3.63) is 16.1 Å². The average Bonchev–Trinajstić information content (AvgIpc) is 3.00. The Morgan fingerprint density at radius 2 is 2.29 bits per heavy atom. The number of carbonyl (C=O) groups is 2. The minimum Gasteiger partial charge on any atom is -0.480 e. The van der Waals surface area contributed by atoms with Gasteiger partial charge in [-0.3, -0.25) is 9.59 Å². The van der Waals surface area contributed by atoms with E-state index in [-0.39, 0.29) is 0 Å². The fraction of sp³-hybridized carbons (Fsp3) is 0.545. The maximum Gasteiger partial charge on any atom is 0.319 e. The summed E-state index contributed by atoms with van der Waals surface area (Å²) in [6.45, 7) is 2.36. The van der Waals surface area contributed by atoms with Crippen LogP contribution in [0.1, 0.15) is 29.7 Å². The first-order chi connectivity index (χ1) is 8.08. The van der Waals surface area contributed by atoms with Gasteiger partial charge in [-0.05, 0) is 19.3 Å². The molecule has 1 heterocycles. The van der Waals surface area contributed by atoms with E-state index in [9.17, 15) is 9.59 Å². The summed E-state index contributed by atoms with van der Waals surface area (Å²) in [6, 6.07) is 0. The van der Waals surface area contributed by atoms with Gasteiger partial charge >= 0.3 is 5.97 Å². The molecule has 6 heteroatoms. The molecule has 0 atom stereocenters. The molecule has 0 bridgehead atoms. The molecule has 0 unspecified atom stereocenters. The molecular formula is C11H14N2O3S.